The van der Waals surface area contributed by atoms with Crippen LogP contribution < -0.4 is 9.64 Å². The van der Waals surface area contributed by atoms with Gasteiger partial charge in [-0.25, -0.2) is 14.4 Å². The zero-order chi connectivity index (χ0) is 26.1. The Morgan fingerprint density at radius 2 is 1.97 bits per heavy atom. The van der Waals surface area contributed by atoms with Gasteiger partial charge in [-0.2, -0.15) is 0 Å². The highest BCUT2D eigenvalue weighted by Gasteiger charge is 2.42. The topological polar surface area (TPSA) is 104 Å². The summed E-state index contributed by atoms with van der Waals surface area (Å²) in [6, 6.07) is 10.7. The molecule has 3 heterocycles. The third kappa shape index (κ3) is 5.03. The Labute approximate surface area is 215 Å². The molecule has 0 bridgehead atoms. The van der Waals surface area contributed by atoms with Gasteiger partial charge in [0.25, 0.3) is 5.91 Å². The number of aliphatic hydroxyl groups excluding tert-OH is 2. The maximum atomic E-state index is 14.5. The second-order valence-corrected chi connectivity index (χ2v) is 9.86. The van der Waals surface area contributed by atoms with Gasteiger partial charge in [0, 0.05) is 25.7 Å². The second-order valence-electron chi connectivity index (χ2n) is 9.86. The number of carbonyl (C=O) groups is 1. The van der Waals surface area contributed by atoms with E-state index in [2.05, 4.69) is 4.98 Å². The summed E-state index contributed by atoms with van der Waals surface area (Å²) in [5.41, 5.74) is 1.55. The van der Waals surface area contributed by atoms with Gasteiger partial charge in [0.2, 0.25) is 12.2 Å². The molecule has 5 rings (SSSR count). The lowest BCUT2D eigenvalue weighted by atomic mass is 10.1. The van der Waals surface area contributed by atoms with Crippen LogP contribution in [0.15, 0.2) is 42.6 Å². The zero-order valence-corrected chi connectivity index (χ0v) is 21.0. The fourth-order valence-electron chi connectivity index (χ4n) is 4.61. The molecule has 0 spiro atoms. The quantitative estimate of drug-likeness (QED) is 0.432. The van der Waals surface area contributed by atoms with Gasteiger partial charge >= 0.3 is 0 Å². The Morgan fingerprint density at radius 1 is 1.22 bits per heavy atom. The zero-order valence-electron chi connectivity index (χ0n) is 21.0. The molecule has 1 aromatic carbocycles. The lowest BCUT2D eigenvalue weighted by molar-refractivity contribution is -0.00459. The molecule has 9 nitrogen and oxygen atoms in total. The van der Waals surface area contributed by atoms with Gasteiger partial charge in [-0.05, 0) is 50.7 Å². The highest BCUT2D eigenvalue weighted by atomic mass is 19.1. The average molecular weight is 510 g/mol. The van der Waals surface area contributed by atoms with Crippen molar-refractivity contribution < 1.29 is 24.1 Å². The van der Waals surface area contributed by atoms with Crippen LogP contribution in [0, 0.1) is 11.7 Å². The van der Waals surface area contributed by atoms with E-state index in [1.165, 1.54) is 11.0 Å². The van der Waals surface area contributed by atoms with Crippen LogP contribution in [-0.4, -0.2) is 67.7 Å². The first-order valence-electron chi connectivity index (χ1n) is 12.7. The molecule has 2 N–H and O–H groups in total. The predicted octanol–water partition coefficient (Wildman–Crippen LogP) is 3.25. The molecular formula is C27H32FN5O4. The summed E-state index contributed by atoms with van der Waals surface area (Å²) < 4.78 is 22.3. The van der Waals surface area contributed by atoms with Crippen molar-refractivity contribution in [2.75, 3.05) is 24.7 Å². The van der Waals surface area contributed by atoms with Crippen LogP contribution in [0.5, 0.6) is 5.88 Å². The molecule has 0 radical (unpaired) electrons. The molecule has 10 heteroatoms. The van der Waals surface area contributed by atoms with Gasteiger partial charge in [-0.3, -0.25) is 9.69 Å². The number of fused-ring (bicyclic) bond motifs is 1. The third-order valence-corrected chi connectivity index (χ3v) is 6.69. The molecule has 2 aromatic heterocycles. The summed E-state index contributed by atoms with van der Waals surface area (Å²) in [5, 5.41) is 20.5. The number of nitrogens with zero attached hydrogens (tertiary/aromatic N) is 5. The van der Waals surface area contributed by atoms with E-state index in [1.54, 1.807) is 9.47 Å². The molecule has 2 aliphatic rings. The van der Waals surface area contributed by atoms with Crippen LogP contribution in [0.2, 0.25) is 0 Å². The molecule has 1 atom stereocenters. The van der Waals surface area contributed by atoms with E-state index in [9.17, 15) is 19.4 Å². The summed E-state index contributed by atoms with van der Waals surface area (Å²) in [6.07, 6.45) is 2.36. The van der Waals surface area contributed by atoms with Crippen LogP contribution in [0.3, 0.4) is 0 Å². The Hall–Kier alpha value is -3.50. The van der Waals surface area contributed by atoms with Gasteiger partial charge in [0.05, 0.1) is 18.4 Å². The first-order valence-corrected chi connectivity index (χ1v) is 12.7. The van der Waals surface area contributed by atoms with E-state index in [1.807, 2.05) is 44.2 Å². The lowest BCUT2D eigenvalue weighted by Crippen LogP contribution is -2.58. The number of imidazole rings is 1. The summed E-state index contributed by atoms with van der Waals surface area (Å²) in [7, 11) is 0. The second kappa shape index (κ2) is 10.5. The molecule has 1 aliphatic carbocycles. The van der Waals surface area contributed by atoms with E-state index in [0.717, 1.165) is 24.6 Å². The number of rotatable bonds is 10. The highest BCUT2D eigenvalue weighted by Crippen LogP contribution is 2.39. The number of amides is 1. The van der Waals surface area contributed by atoms with Crippen molar-refractivity contribution in [3.05, 3.63) is 59.7 Å². The van der Waals surface area contributed by atoms with Crippen molar-refractivity contribution in [3.63, 3.8) is 0 Å². The number of pyridine rings is 1. The normalized spacial score (nSPS) is 17.5. The molecular weight excluding hydrogens is 477 g/mol. The van der Waals surface area contributed by atoms with Gasteiger partial charge < -0.3 is 24.4 Å². The highest BCUT2D eigenvalue weighted by molar-refractivity contribution is 6.00. The maximum Gasteiger partial charge on any atom is 0.277 e. The number of hydrogen-bond acceptors (Lipinski definition) is 7. The average Bonchev–Trinajstić information content (AvgIpc) is 3.64. The molecule has 1 saturated carbocycles. The number of hydrogen-bond donors (Lipinski definition) is 2. The van der Waals surface area contributed by atoms with Crippen molar-refractivity contribution in [2.24, 2.45) is 5.92 Å². The molecule has 3 aromatic rings. The maximum absolute atomic E-state index is 14.5. The number of benzene rings is 1. The molecule has 1 unspecified atom stereocenters. The minimum Gasteiger partial charge on any atom is -0.477 e. The Morgan fingerprint density at radius 3 is 2.65 bits per heavy atom. The van der Waals surface area contributed by atoms with Crippen molar-refractivity contribution in [2.45, 2.75) is 52.0 Å². The minimum atomic E-state index is -1.25. The van der Waals surface area contributed by atoms with Crippen molar-refractivity contribution in [3.8, 4) is 17.3 Å². The molecule has 1 fully saturated rings. The minimum absolute atomic E-state index is 0.115. The number of anilines is 1. The van der Waals surface area contributed by atoms with Gasteiger partial charge in [0.15, 0.2) is 11.5 Å². The van der Waals surface area contributed by atoms with Gasteiger partial charge in [-0.1, -0.05) is 30.3 Å². The number of ether oxygens (including phenoxy) is 1. The molecule has 1 amide bonds. The van der Waals surface area contributed by atoms with E-state index in [-0.39, 0.29) is 30.8 Å². The summed E-state index contributed by atoms with van der Waals surface area (Å²) in [5.74, 6) is 0.416. The van der Waals surface area contributed by atoms with Crippen molar-refractivity contribution in [1.82, 2.24) is 19.4 Å². The number of carbonyl (C=O) groups excluding carboxylic acids is 1. The SMILES string of the molecule is CC(C)N1c2nc(-c3cc(F)cnc3OCC3CC3)n(Cc3ccccc3)c2C(=O)N(CCCO)C1O. The fraction of sp³-hybridized carbons (Fsp3) is 0.444. The summed E-state index contributed by atoms with van der Waals surface area (Å²) in [4.78, 5) is 25.8. The van der Waals surface area contributed by atoms with E-state index in [0.29, 0.717) is 42.7 Å². The van der Waals surface area contributed by atoms with E-state index < -0.39 is 18.1 Å². The third-order valence-electron chi connectivity index (χ3n) is 6.69. The van der Waals surface area contributed by atoms with Crippen LogP contribution >= 0.6 is 0 Å². The number of halogens is 1. The molecule has 196 valence electrons. The molecule has 0 saturated heterocycles. The fourth-order valence-corrected chi connectivity index (χ4v) is 4.61. The van der Waals surface area contributed by atoms with Crippen LogP contribution in [0.4, 0.5) is 10.2 Å². The van der Waals surface area contributed by atoms with Crippen molar-refractivity contribution >= 4 is 11.7 Å². The van der Waals surface area contributed by atoms with Crippen LogP contribution in [-0.2, 0) is 6.54 Å². The number of aliphatic hydroxyl groups is 2. The monoisotopic (exact) mass is 509 g/mol. The van der Waals surface area contributed by atoms with E-state index >= 15 is 0 Å². The molecule has 1 aliphatic heterocycles. The first-order chi connectivity index (χ1) is 17.9. The standard InChI is InChI=1S/C27H32FN5O4/c1-17(2)33-24-22(26(35)31(27(33)36)11-6-12-34)32(15-18-7-4-3-5-8-18)23(30-24)21-13-20(28)14-29-25(21)37-16-19-9-10-19/h3-5,7-8,13-14,17,19,27,34,36H,6,9-12,15-16H2,1-2H3. The van der Waals surface area contributed by atoms with Crippen molar-refractivity contribution in [1.29, 1.82) is 0 Å². The van der Waals surface area contributed by atoms with Crippen LogP contribution in [0.1, 0.15) is 49.2 Å². The molecule has 37 heavy (non-hydrogen) atoms. The number of aromatic nitrogens is 3. The Kier molecular flexibility index (Phi) is 7.12. The van der Waals surface area contributed by atoms with Gasteiger partial charge in [-0.15, -0.1) is 0 Å². The largest absolute Gasteiger partial charge is 0.477 e. The smallest absolute Gasteiger partial charge is 0.277 e. The Bertz CT molecular complexity index is 1260. The summed E-state index contributed by atoms with van der Waals surface area (Å²) >= 11 is 0. The van der Waals surface area contributed by atoms with Gasteiger partial charge in [0.1, 0.15) is 11.6 Å². The van der Waals surface area contributed by atoms with E-state index in [4.69, 9.17) is 9.72 Å². The van der Waals surface area contributed by atoms with Crippen LogP contribution in [0.25, 0.3) is 11.4 Å². The lowest BCUT2D eigenvalue weighted by Gasteiger charge is -2.42. The first kappa shape index (κ1) is 25.2. The predicted molar refractivity (Wildman–Crippen MR) is 136 cm³/mol. The summed E-state index contributed by atoms with van der Waals surface area (Å²) in [6.45, 7) is 4.63. The Balaban J connectivity index is 1.69.